The first-order valence-corrected chi connectivity index (χ1v) is 7.82. The summed E-state index contributed by atoms with van der Waals surface area (Å²) in [6, 6.07) is 0.180. The van der Waals surface area contributed by atoms with Crippen LogP contribution in [0, 0.1) is 17.8 Å². The van der Waals surface area contributed by atoms with Crippen molar-refractivity contribution in [3.05, 3.63) is 0 Å². The number of hydrogen-bond acceptors (Lipinski definition) is 2. The molecular weight excluding hydrogens is 238 g/mol. The maximum Gasteiger partial charge on any atom is 0.314 e. The van der Waals surface area contributed by atoms with E-state index >= 15 is 0 Å². The number of primary amides is 1. The van der Waals surface area contributed by atoms with E-state index in [1.165, 1.54) is 32.1 Å². The zero-order chi connectivity index (χ0) is 13.8. The minimum absolute atomic E-state index is 0.254. The normalized spacial score (nSPS) is 27.8. The van der Waals surface area contributed by atoms with E-state index in [1.807, 2.05) is 4.90 Å². The van der Waals surface area contributed by atoms with Crippen LogP contribution in [-0.4, -0.2) is 36.6 Å². The van der Waals surface area contributed by atoms with Gasteiger partial charge in [0, 0.05) is 19.1 Å². The van der Waals surface area contributed by atoms with Gasteiger partial charge in [-0.05, 0) is 43.6 Å². The van der Waals surface area contributed by atoms with E-state index in [4.69, 9.17) is 5.73 Å². The van der Waals surface area contributed by atoms with Crippen LogP contribution in [0.5, 0.6) is 0 Å². The van der Waals surface area contributed by atoms with Gasteiger partial charge in [-0.15, -0.1) is 0 Å². The molecule has 3 N–H and O–H groups in total. The van der Waals surface area contributed by atoms with Gasteiger partial charge in [0.05, 0.1) is 0 Å². The standard InChI is InChI=1S/C15H29N3O/c1-11(2)5-6-17-14-8-13(7-12-3-4-12)9-18(10-14)15(16)19/h11-14,17H,3-10H2,1-2H3,(H2,16,19). The number of hydrogen-bond donors (Lipinski definition) is 2. The predicted molar refractivity (Wildman–Crippen MR) is 77.9 cm³/mol. The third-order valence-electron chi connectivity index (χ3n) is 4.37. The van der Waals surface area contributed by atoms with Crippen molar-refractivity contribution in [1.29, 1.82) is 0 Å². The first-order valence-electron chi connectivity index (χ1n) is 7.82. The highest BCUT2D eigenvalue weighted by Crippen LogP contribution is 2.37. The van der Waals surface area contributed by atoms with E-state index in [-0.39, 0.29) is 6.03 Å². The van der Waals surface area contributed by atoms with E-state index in [9.17, 15) is 4.79 Å². The molecule has 2 unspecified atom stereocenters. The Hall–Kier alpha value is -0.770. The van der Waals surface area contributed by atoms with Crippen LogP contribution in [0.2, 0.25) is 0 Å². The van der Waals surface area contributed by atoms with Gasteiger partial charge >= 0.3 is 6.03 Å². The lowest BCUT2D eigenvalue weighted by molar-refractivity contribution is 0.146. The van der Waals surface area contributed by atoms with Gasteiger partial charge in [0.25, 0.3) is 0 Å². The number of piperidine rings is 1. The Kier molecular flexibility index (Phi) is 5.08. The molecule has 0 radical (unpaired) electrons. The molecule has 110 valence electrons. The fraction of sp³-hybridized carbons (Fsp3) is 0.933. The molecule has 1 heterocycles. The smallest absolute Gasteiger partial charge is 0.314 e. The zero-order valence-electron chi connectivity index (χ0n) is 12.4. The van der Waals surface area contributed by atoms with Gasteiger partial charge in [0.1, 0.15) is 0 Å². The number of nitrogens with zero attached hydrogens (tertiary/aromatic N) is 1. The van der Waals surface area contributed by atoms with Gasteiger partial charge in [-0.1, -0.05) is 26.7 Å². The molecule has 19 heavy (non-hydrogen) atoms. The Morgan fingerprint density at radius 1 is 1.32 bits per heavy atom. The lowest BCUT2D eigenvalue weighted by atomic mass is 9.89. The summed E-state index contributed by atoms with van der Waals surface area (Å²) in [7, 11) is 0. The molecule has 2 atom stereocenters. The van der Waals surface area contributed by atoms with Crippen molar-refractivity contribution in [1.82, 2.24) is 10.2 Å². The van der Waals surface area contributed by atoms with Crippen LogP contribution in [0.4, 0.5) is 4.79 Å². The molecule has 2 aliphatic rings. The Bertz CT molecular complexity index is 302. The number of carbonyl (C=O) groups is 1. The summed E-state index contributed by atoms with van der Waals surface area (Å²) in [6.07, 6.45) is 6.46. The molecule has 0 bridgehead atoms. The van der Waals surface area contributed by atoms with Crippen molar-refractivity contribution in [2.45, 2.75) is 52.0 Å². The van der Waals surface area contributed by atoms with Gasteiger partial charge in [-0.25, -0.2) is 4.79 Å². The quantitative estimate of drug-likeness (QED) is 0.775. The van der Waals surface area contributed by atoms with Gasteiger partial charge in [0.15, 0.2) is 0 Å². The monoisotopic (exact) mass is 267 g/mol. The molecule has 4 heteroatoms. The molecule has 4 nitrogen and oxygen atoms in total. The minimum Gasteiger partial charge on any atom is -0.351 e. The Labute approximate surface area is 117 Å². The number of rotatable bonds is 6. The van der Waals surface area contributed by atoms with Crippen molar-refractivity contribution in [3.63, 3.8) is 0 Å². The summed E-state index contributed by atoms with van der Waals surface area (Å²) in [6.45, 7) is 7.19. The van der Waals surface area contributed by atoms with E-state index in [0.717, 1.165) is 31.5 Å². The molecule has 0 aromatic carbocycles. The molecule has 0 spiro atoms. The maximum absolute atomic E-state index is 11.4. The highest BCUT2D eigenvalue weighted by Gasteiger charge is 2.33. The third-order valence-corrected chi connectivity index (χ3v) is 4.37. The van der Waals surface area contributed by atoms with Crippen molar-refractivity contribution >= 4 is 6.03 Å². The molecule has 2 rings (SSSR count). The van der Waals surface area contributed by atoms with Crippen molar-refractivity contribution in [3.8, 4) is 0 Å². The molecule has 0 aromatic heterocycles. The lowest BCUT2D eigenvalue weighted by Gasteiger charge is -2.37. The molecule has 2 amide bonds. The number of urea groups is 1. The first-order chi connectivity index (χ1) is 9.04. The van der Waals surface area contributed by atoms with Crippen LogP contribution in [0.1, 0.15) is 46.0 Å². The second kappa shape index (κ2) is 6.60. The number of carbonyl (C=O) groups excluding carboxylic acids is 1. The average Bonchev–Trinajstić information content (AvgIpc) is 3.12. The van der Waals surface area contributed by atoms with Crippen molar-refractivity contribution in [2.75, 3.05) is 19.6 Å². The van der Waals surface area contributed by atoms with E-state index in [1.54, 1.807) is 0 Å². The second-order valence-electron chi connectivity index (χ2n) is 6.86. The van der Waals surface area contributed by atoms with Crippen molar-refractivity contribution in [2.24, 2.45) is 23.5 Å². The molecule has 1 saturated carbocycles. The summed E-state index contributed by atoms with van der Waals surface area (Å²) < 4.78 is 0. The summed E-state index contributed by atoms with van der Waals surface area (Å²) in [4.78, 5) is 13.3. The van der Waals surface area contributed by atoms with Gasteiger partial charge in [0.2, 0.25) is 0 Å². The largest absolute Gasteiger partial charge is 0.351 e. The van der Waals surface area contributed by atoms with Crippen LogP contribution in [0.25, 0.3) is 0 Å². The van der Waals surface area contributed by atoms with E-state index < -0.39 is 0 Å². The molecule has 0 aromatic rings. The van der Waals surface area contributed by atoms with E-state index in [2.05, 4.69) is 19.2 Å². The minimum atomic E-state index is -0.254. The first kappa shape index (κ1) is 14.6. The highest BCUT2D eigenvalue weighted by atomic mass is 16.2. The molecule has 1 aliphatic carbocycles. The lowest BCUT2D eigenvalue weighted by Crippen LogP contribution is -2.53. The van der Waals surface area contributed by atoms with Crippen LogP contribution in [-0.2, 0) is 0 Å². The number of nitrogens with two attached hydrogens (primary N) is 1. The summed E-state index contributed by atoms with van der Waals surface area (Å²) in [5, 5.41) is 3.61. The van der Waals surface area contributed by atoms with E-state index in [0.29, 0.717) is 12.0 Å². The molecule has 1 aliphatic heterocycles. The Morgan fingerprint density at radius 3 is 2.63 bits per heavy atom. The van der Waals surface area contributed by atoms with Crippen LogP contribution >= 0.6 is 0 Å². The van der Waals surface area contributed by atoms with Gasteiger partial charge in [-0.2, -0.15) is 0 Å². The number of likely N-dealkylation sites (tertiary alicyclic amines) is 1. The number of nitrogens with one attached hydrogen (secondary N) is 1. The van der Waals surface area contributed by atoms with Crippen LogP contribution < -0.4 is 11.1 Å². The average molecular weight is 267 g/mol. The highest BCUT2D eigenvalue weighted by molar-refractivity contribution is 5.72. The topological polar surface area (TPSA) is 58.4 Å². The van der Waals surface area contributed by atoms with Gasteiger partial charge < -0.3 is 16.0 Å². The third kappa shape index (κ3) is 5.01. The second-order valence-corrected chi connectivity index (χ2v) is 6.86. The van der Waals surface area contributed by atoms with Crippen LogP contribution in [0.15, 0.2) is 0 Å². The van der Waals surface area contributed by atoms with Gasteiger partial charge in [-0.3, -0.25) is 0 Å². The molecule has 2 fully saturated rings. The Morgan fingerprint density at radius 2 is 2.05 bits per heavy atom. The molecule has 1 saturated heterocycles. The maximum atomic E-state index is 11.4. The zero-order valence-corrected chi connectivity index (χ0v) is 12.4. The number of amides is 2. The fourth-order valence-corrected chi connectivity index (χ4v) is 3.10. The Balaban J connectivity index is 1.80. The summed E-state index contributed by atoms with van der Waals surface area (Å²) in [5.41, 5.74) is 5.47. The SMILES string of the molecule is CC(C)CCNC1CC(CC2CC2)CN(C(N)=O)C1. The summed E-state index contributed by atoms with van der Waals surface area (Å²) in [5.74, 6) is 2.30. The summed E-state index contributed by atoms with van der Waals surface area (Å²) >= 11 is 0. The predicted octanol–water partition coefficient (Wildman–Crippen LogP) is 2.19. The van der Waals surface area contributed by atoms with Crippen molar-refractivity contribution < 1.29 is 4.79 Å². The molecular formula is C15H29N3O. The van der Waals surface area contributed by atoms with Crippen LogP contribution in [0.3, 0.4) is 0 Å². The fourth-order valence-electron chi connectivity index (χ4n) is 3.10.